The van der Waals surface area contributed by atoms with Gasteiger partial charge in [0.1, 0.15) is 11.6 Å². The van der Waals surface area contributed by atoms with Gasteiger partial charge in [0.2, 0.25) is 5.88 Å². The van der Waals surface area contributed by atoms with E-state index in [1.807, 2.05) is 0 Å². The normalized spacial score (nSPS) is 10.8. The average Bonchev–Trinajstić information content (AvgIpc) is 2.84. The number of anilines is 1. The lowest BCUT2D eigenvalue weighted by molar-refractivity contribution is 0.399. The van der Waals surface area contributed by atoms with Gasteiger partial charge in [-0.1, -0.05) is 6.07 Å². The van der Waals surface area contributed by atoms with Crippen molar-refractivity contribution in [3.05, 3.63) is 36.1 Å². The number of nitrogens with two attached hydrogens (primary N) is 1. The number of methoxy groups -OCH3 is 1. The van der Waals surface area contributed by atoms with Crippen LogP contribution in [0.3, 0.4) is 0 Å². The van der Waals surface area contributed by atoms with Crippen LogP contribution in [0.4, 0.5) is 10.1 Å². The molecule has 0 radical (unpaired) electrons. The van der Waals surface area contributed by atoms with Crippen LogP contribution in [0.25, 0.3) is 22.6 Å². The summed E-state index contributed by atoms with van der Waals surface area (Å²) in [6.07, 6.45) is 0. The highest BCUT2D eigenvalue weighted by atomic mass is 19.1. The van der Waals surface area contributed by atoms with Crippen LogP contribution in [-0.4, -0.2) is 22.1 Å². The highest BCUT2D eigenvalue weighted by molar-refractivity contribution is 5.80. The van der Waals surface area contributed by atoms with E-state index in [0.717, 1.165) is 5.52 Å². The van der Waals surface area contributed by atoms with Gasteiger partial charge in [-0.05, 0) is 18.2 Å². The minimum atomic E-state index is -0.469. The Hall–Kier alpha value is -2.63. The van der Waals surface area contributed by atoms with Gasteiger partial charge in [0.15, 0.2) is 5.65 Å². The summed E-state index contributed by atoms with van der Waals surface area (Å²) in [6, 6.07) is 8.12. The molecule has 0 saturated heterocycles. The molecule has 0 amide bonds. The molecule has 19 heavy (non-hydrogen) atoms. The zero-order chi connectivity index (χ0) is 13.4. The number of aromatic amines is 1. The summed E-state index contributed by atoms with van der Waals surface area (Å²) in [5, 5.41) is 0. The van der Waals surface area contributed by atoms with Gasteiger partial charge in [0.25, 0.3) is 0 Å². The first-order valence-electron chi connectivity index (χ1n) is 5.64. The number of hydrogen-bond acceptors (Lipinski definition) is 4. The molecule has 0 spiro atoms. The molecule has 2 aromatic heterocycles. The summed E-state index contributed by atoms with van der Waals surface area (Å²) in [4.78, 5) is 11.5. The van der Waals surface area contributed by atoms with Crippen molar-refractivity contribution in [2.24, 2.45) is 0 Å². The van der Waals surface area contributed by atoms with E-state index in [1.54, 1.807) is 24.3 Å². The van der Waals surface area contributed by atoms with Crippen LogP contribution in [0.5, 0.6) is 5.88 Å². The Morgan fingerprint density at radius 2 is 2.05 bits per heavy atom. The molecule has 2 heterocycles. The summed E-state index contributed by atoms with van der Waals surface area (Å²) in [6.45, 7) is 0. The molecule has 0 aliphatic carbocycles. The van der Waals surface area contributed by atoms with Crippen molar-refractivity contribution < 1.29 is 9.13 Å². The summed E-state index contributed by atoms with van der Waals surface area (Å²) in [5.74, 6) is 0.481. The van der Waals surface area contributed by atoms with Gasteiger partial charge in [0.05, 0.1) is 18.3 Å². The van der Waals surface area contributed by atoms with Crippen LogP contribution in [0.2, 0.25) is 0 Å². The molecular weight excluding hydrogens is 247 g/mol. The maximum atomic E-state index is 13.4. The number of halogens is 1. The van der Waals surface area contributed by atoms with Crippen LogP contribution in [0, 0.1) is 5.82 Å². The van der Waals surface area contributed by atoms with Crippen molar-refractivity contribution in [1.29, 1.82) is 0 Å². The number of hydrogen-bond donors (Lipinski definition) is 2. The number of imidazole rings is 1. The predicted octanol–water partition coefficient (Wildman–Crippen LogP) is 2.35. The van der Waals surface area contributed by atoms with E-state index in [9.17, 15) is 4.39 Å². The zero-order valence-corrected chi connectivity index (χ0v) is 10.1. The maximum Gasteiger partial charge on any atom is 0.215 e. The van der Waals surface area contributed by atoms with Gasteiger partial charge in [0, 0.05) is 11.6 Å². The molecule has 0 fully saturated rings. The fraction of sp³-hybridized carbons (Fsp3) is 0.0769. The summed E-state index contributed by atoms with van der Waals surface area (Å²) >= 11 is 0. The molecule has 5 nitrogen and oxygen atoms in total. The number of para-hydroxylation sites is 1. The first kappa shape index (κ1) is 11.5. The molecule has 6 heteroatoms. The fourth-order valence-electron chi connectivity index (χ4n) is 1.86. The molecule has 0 bridgehead atoms. The molecular formula is C13H11FN4O. The van der Waals surface area contributed by atoms with Crippen molar-refractivity contribution in [1.82, 2.24) is 15.0 Å². The quantitative estimate of drug-likeness (QED) is 0.692. The summed E-state index contributed by atoms with van der Waals surface area (Å²) in [7, 11) is 1.53. The third-order valence-electron chi connectivity index (χ3n) is 2.84. The Bertz CT molecular complexity index is 753. The van der Waals surface area contributed by atoms with Crippen LogP contribution in [-0.2, 0) is 0 Å². The second-order valence-electron chi connectivity index (χ2n) is 4.01. The van der Waals surface area contributed by atoms with E-state index in [-0.39, 0.29) is 5.69 Å². The van der Waals surface area contributed by atoms with Crippen molar-refractivity contribution >= 4 is 16.9 Å². The Balaban J connectivity index is 2.18. The van der Waals surface area contributed by atoms with E-state index < -0.39 is 5.82 Å². The first-order chi connectivity index (χ1) is 9.19. The second-order valence-corrected chi connectivity index (χ2v) is 4.01. The molecule has 96 valence electrons. The van der Waals surface area contributed by atoms with Crippen LogP contribution in [0.15, 0.2) is 30.3 Å². The fourth-order valence-corrected chi connectivity index (χ4v) is 1.86. The molecule has 3 rings (SSSR count). The maximum absolute atomic E-state index is 13.4. The number of ether oxygens (including phenoxy) is 1. The highest BCUT2D eigenvalue weighted by Gasteiger charge is 2.12. The van der Waals surface area contributed by atoms with Gasteiger partial charge in [-0.2, -0.15) is 4.98 Å². The van der Waals surface area contributed by atoms with Gasteiger partial charge >= 0.3 is 0 Å². The zero-order valence-electron chi connectivity index (χ0n) is 10.1. The standard InChI is InChI=1S/C13H11FN4O/c1-19-10-6-5-9-13(17-10)18-12(16-9)7-3-2-4-8(14)11(7)15/h2-6H,15H2,1H3,(H,16,17,18). The molecule has 0 aliphatic rings. The lowest BCUT2D eigenvalue weighted by Gasteiger charge is -2.02. The molecule has 0 aliphatic heterocycles. The van der Waals surface area contributed by atoms with E-state index in [4.69, 9.17) is 10.5 Å². The smallest absolute Gasteiger partial charge is 0.215 e. The number of nitrogens with zero attached hydrogens (tertiary/aromatic N) is 2. The topological polar surface area (TPSA) is 76.8 Å². The lowest BCUT2D eigenvalue weighted by atomic mass is 10.1. The number of benzene rings is 1. The van der Waals surface area contributed by atoms with E-state index in [0.29, 0.717) is 22.9 Å². The number of fused-ring (bicyclic) bond motifs is 1. The average molecular weight is 258 g/mol. The minimum absolute atomic E-state index is 0.0634. The molecule has 0 unspecified atom stereocenters. The third kappa shape index (κ3) is 1.87. The lowest BCUT2D eigenvalue weighted by Crippen LogP contribution is -1.94. The highest BCUT2D eigenvalue weighted by Crippen LogP contribution is 2.27. The van der Waals surface area contributed by atoms with Gasteiger partial charge in [-0.3, -0.25) is 0 Å². The number of pyridine rings is 1. The van der Waals surface area contributed by atoms with Crippen LogP contribution >= 0.6 is 0 Å². The molecule has 3 aromatic rings. The van der Waals surface area contributed by atoms with Crippen LogP contribution in [0.1, 0.15) is 0 Å². The molecule has 3 N–H and O–H groups in total. The summed E-state index contributed by atoms with van der Waals surface area (Å²) < 4.78 is 18.5. The number of H-pyrrole nitrogens is 1. The number of nitrogens with one attached hydrogen (secondary N) is 1. The summed E-state index contributed by atoms with van der Waals surface area (Å²) in [5.41, 5.74) is 7.52. The van der Waals surface area contributed by atoms with Crippen molar-refractivity contribution in [3.63, 3.8) is 0 Å². The van der Waals surface area contributed by atoms with Crippen LogP contribution < -0.4 is 10.5 Å². The molecule has 1 aromatic carbocycles. The molecule has 0 saturated carbocycles. The van der Waals surface area contributed by atoms with Crippen molar-refractivity contribution in [3.8, 4) is 17.3 Å². The molecule has 0 atom stereocenters. The van der Waals surface area contributed by atoms with E-state index in [2.05, 4.69) is 15.0 Å². The minimum Gasteiger partial charge on any atom is -0.481 e. The second kappa shape index (κ2) is 4.24. The number of nitrogen functional groups attached to an aromatic ring is 1. The van der Waals surface area contributed by atoms with Gasteiger partial charge < -0.3 is 15.5 Å². The number of aromatic nitrogens is 3. The Labute approximate surface area is 108 Å². The van der Waals surface area contributed by atoms with Crippen molar-refractivity contribution in [2.45, 2.75) is 0 Å². The SMILES string of the molecule is COc1ccc2[nH]c(-c3cccc(F)c3N)nc2n1. The van der Waals surface area contributed by atoms with Crippen molar-refractivity contribution in [2.75, 3.05) is 12.8 Å². The largest absolute Gasteiger partial charge is 0.481 e. The predicted molar refractivity (Wildman–Crippen MR) is 70.2 cm³/mol. The first-order valence-corrected chi connectivity index (χ1v) is 5.64. The van der Waals surface area contributed by atoms with E-state index in [1.165, 1.54) is 13.2 Å². The van der Waals surface area contributed by atoms with Gasteiger partial charge in [-0.15, -0.1) is 0 Å². The monoisotopic (exact) mass is 258 g/mol. The van der Waals surface area contributed by atoms with E-state index >= 15 is 0 Å². The number of rotatable bonds is 2. The van der Waals surface area contributed by atoms with Gasteiger partial charge in [-0.25, -0.2) is 9.37 Å². The Morgan fingerprint density at radius 1 is 1.21 bits per heavy atom. The Morgan fingerprint density at radius 3 is 2.84 bits per heavy atom. The third-order valence-corrected chi connectivity index (χ3v) is 2.84. The Kier molecular flexibility index (Phi) is 2.56.